The Bertz CT molecular complexity index is 1040. The second-order valence-electron chi connectivity index (χ2n) is 5.63. The van der Waals surface area contributed by atoms with E-state index in [1.165, 1.54) is 37.7 Å². The zero-order valence-corrected chi connectivity index (χ0v) is 16.8. The van der Waals surface area contributed by atoms with E-state index < -0.39 is 0 Å². The van der Waals surface area contributed by atoms with Crippen molar-refractivity contribution in [2.75, 3.05) is 26.2 Å². The van der Waals surface area contributed by atoms with Crippen LogP contribution < -0.4 is 14.3 Å². The normalized spacial score (nSPS) is 11.8. The van der Waals surface area contributed by atoms with Crippen LogP contribution in [0.2, 0.25) is 0 Å². The predicted molar refractivity (Wildman–Crippen MR) is 108 cm³/mol. The van der Waals surface area contributed by atoms with E-state index in [1.54, 1.807) is 36.0 Å². The average molecular weight is 407 g/mol. The van der Waals surface area contributed by atoms with E-state index in [0.717, 1.165) is 16.0 Å². The number of methoxy groups -OCH3 is 2. The van der Waals surface area contributed by atoms with Gasteiger partial charge in [-0.1, -0.05) is 11.3 Å². The Kier molecular flexibility index (Phi) is 6.18. The number of ether oxygens (including phenoxy) is 2. The van der Waals surface area contributed by atoms with E-state index in [1.807, 2.05) is 10.8 Å². The predicted octanol–water partition coefficient (Wildman–Crippen LogP) is 3.96. The number of halogens is 1. The third kappa shape index (κ3) is 4.17. The summed E-state index contributed by atoms with van der Waals surface area (Å²) in [5.41, 5.74) is 1.27. The number of rotatable bonds is 6. The summed E-state index contributed by atoms with van der Waals surface area (Å²) in [7, 11) is 3.05. The molecule has 0 radical (unpaired) electrons. The summed E-state index contributed by atoms with van der Waals surface area (Å²) in [4.78, 5) is 17.5. The molecule has 0 bridgehead atoms. The van der Waals surface area contributed by atoms with Gasteiger partial charge in [-0.3, -0.25) is 4.79 Å². The molecule has 3 aromatic rings. The Morgan fingerprint density at radius 2 is 1.96 bits per heavy atom. The summed E-state index contributed by atoms with van der Waals surface area (Å²) in [5, 5.41) is 0. The molecule has 2 aromatic carbocycles. The topological polar surface area (TPSA) is 52.8 Å². The van der Waals surface area contributed by atoms with Crippen molar-refractivity contribution in [3.05, 3.63) is 52.6 Å². The van der Waals surface area contributed by atoms with Gasteiger partial charge in [0.15, 0.2) is 16.3 Å². The molecule has 0 saturated heterocycles. The lowest BCUT2D eigenvalue weighted by Crippen LogP contribution is -2.18. The van der Waals surface area contributed by atoms with Gasteiger partial charge in [0.05, 0.1) is 24.4 Å². The SMILES string of the molecule is COc1ccc(C(=O)N=c2sc3cc(F)ccc3n2CCSC)cc1OC. The van der Waals surface area contributed by atoms with Gasteiger partial charge >= 0.3 is 0 Å². The van der Waals surface area contributed by atoms with E-state index >= 15 is 0 Å². The molecule has 0 aliphatic heterocycles. The van der Waals surface area contributed by atoms with Gasteiger partial charge in [-0.05, 0) is 42.7 Å². The Hall–Kier alpha value is -2.32. The smallest absolute Gasteiger partial charge is 0.279 e. The summed E-state index contributed by atoms with van der Waals surface area (Å²) in [6.45, 7) is 0.685. The molecule has 5 nitrogen and oxygen atoms in total. The molecule has 0 atom stereocenters. The highest BCUT2D eigenvalue weighted by Gasteiger charge is 2.12. The fraction of sp³-hybridized carbons (Fsp3) is 0.263. The van der Waals surface area contributed by atoms with Gasteiger partial charge in [-0.15, -0.1) is 0 Å². The number of hydrogen-bond acceptors (Lipinski definition) is 5. The number of amides is 1. The molecule has 0 N–H and O–H groups in total. The Balaban J connectivity index is 2.07. The molecule has 0 aliphatic carbocycles. The summed E-state index contributed by atoms with van der Waals surface area (Å²) in [6, 6.07) is 9.53. The molecule has 0 spiro atoms. The van der Waals surface area contributed by atoms with E-state index in [9.17, 15) is 9.18 Å². The molecule has 142 valence electrons. The lowest BCUT2D eigenvalue weighted by molar-refractivity contribution is 0.0997. The van der Waals surface area contributed by atoms with Crippen molar-refractivity contribution >= 4 is 39.2 Å². The van der Waals surface area contributed by atoms with Gasteiger partial charge < -0.3 is 14.0 Å². The molecule has 1 aromatic heterocycles. The first-order valence-corrected chi connectivity index (χ1v) is 10.4. The molecule has 8 heteroatoms. The lowest BCUT2D eigenvalue weighted by atomic mass is 10.2. The van der Waals surface area contributed by atoms with E-state index in [2.05, 4.69) is 4.99 Å². The first kappa shape index (κ1) is 19.4. The second-order valence-corrected chi connectivity index (χ2v) is 7.62. The van der Waals surface area contributed by atoms with Crippen LogP contribution in [-0.4, -0.2) is 36.7 Å². The molecular weight excluding hydrogens is 387 g/mol. The summed E-state index contributed by atoms with van der Waals surface area (Å²) >= 11 is 3.00. The van der Waals surface area contributed by atoms with Crippen molar-refractivity contribution in [3.8, 4) is 11.5 Å². The fourth-order valence-electron chi connectivity index (χ4n) is 2.65. The van der Waals surface area contributed by atoms with Gasteiger partial charge in [0.25, 0.3) is 5.91 Å². The van der Waals surface area contributed by atoms with Crippen molar-refractivity contribution in [2.45, 2.75) is 6.54 Å². The largest absolute Gasteiger partial charge is 0.493 e. The Morgan fingerprint density at radius 3 is 2.67 bits per heavy atom. The summed E-state index contributed by atoms with van der Waals surface area (Å²) in [6.07, 6.45) is 2.01. The molecule has 0 saturated carbocycles. The average Bonchev–Trinajstić information content (AvgIpc) is 3.01. The van der Waals surface area contributed by atoms with Gasteiger partial charge in [-0.2, -0.15) is 16.8 Å². The number of benzene rings is 2. The van der Waals surface area contributed by atoms with Crippen molar-refractivity contribution in [1.29, 1.82) is 0 Å². The van der Waals surface area contributed by atoms with Crippen LogP contribution in [0.4, 0.5) is 4.39 Å². The fourth-order valence-corrected chi connectivity index (χ4v) is 4.10. The minimum atomic E-state index is -0.388. The number of hydrogen-bond donors (Lipinski definition) is 0. The molecule has 3 rings (SSSR count). The quantitative estimate of drug-likeness (QED) is 0.622. The van der Waals surface area contributed by atoms with Crippen molar-refractivity contribution in [2.24, 2.45) is 4.99 Å². The zero-order valence-electron chi connectivity index (χ0n) is 15.2. The first-order chi connectivity index (χ1) is 13.1. The molecule has 0 unspecified atom stereocenters. The van der Waals surface area contributed by atoms with Gasteiger partial charge in [-0.25, -0.2) is 4.39 Å². The van der Waals surface area contributed by atoms with E-state index in [-0.39, 0.29) is 11.7 Å². The van der Waals surface area contributed by atoms with E-state index in [0.29, 0.717) is 28.4 Å². The number of thiazole rings is 1. The van der Waals surface area contributed by atoms with Gasteiger partial charge in [0.2, 0.25) is 0 Å². The van der Waals surface area contributed by atoms with Crippen LogP contribution in [0.1, 0.15) is 10.4 Å². The minimum Gasteiger partial charge on any atom is -0.493 e. The maximum Gasteiger partial charge on any atom is 0.279 e. The number of aromatic nitrogens is 1. The number of nitrogens with zero attached hydrogens (tertiary/aromatic N) is 2. The lowest BCUT2D eigenvalue weighted by Gasteiger charge is -2.08. The van der Waals surface area contributed by atoms with Crippen LogP contribution in [0.15, 0.2) is 41.4 Å². The van der Waals surface area contributed by atoms with Crippen LogP contribution >= 0.6 is 23.1 Å². The highest BCUT2D eigenvalue weighted by atomic mass is 32.2. The van der Waals surface area contributed by atoms with Crippen molar-refractivity contribution in [1.82, 2.24) is 4.57 Å². The maximum atomic E-state index is 13.6. The van der Waals surface area contributed by atoms with Gasteiger partial charge in [0, 0.05) is 17.9 Å². The minimum absolute atomic E-state index is 0.307. The third-order valence-corrected chi connectivity index (χ3v) is 5.62. The van der Waals surface area contributed by atoms with Gasteiger partial charge in [0.1, 0.15) is 5.82 Å². The van der Waals surface area contributed by atoms with Crippen LogP contribution in [0.3, 0.4) is 0 Å². The Morgan fingerprint density at radius 1 is 1.19 bits per heavy atom. The van der Waals surface area contributed by atoms with Crippen LogP contribution in [0.5, 0.6) is 11.5 Å². The van der Waals surface area contributed by atoms with Crippen LogP contribution in [0, 0.1) is 5.82 Å². The monoisotopic (exact) mass is 406 g/mol. The molecular formula is C19H19FN2O3S2. The molecule has 1 amide bonds. The number of carbonyl (C=O) groups excluding carboxylic acids is 1. The zero-order chi connectivity index (χ0) is 19.4. The van der Waals surface area contributed by atoms with Crippen molar-refractivity contribution in [3.63, 3.8) is 0 Å². The maximum absolute atomic E-state index is 13.6. The van der Waals surface area contributed by atoms with E-state index in [4.69, 9.17) is 9.47 Å². The first-order valence-electron chi connectivity index (χ1n) is 8.16. The molecule has 0 fully saturated rings. The number of fused-ring (bicyclic) bond motifs is 1. The number of thioether (sulfide) groups is 1. The third-order valence-electron chi connectivity index (χ3n) is 3.99. The molecule has 27 heavy (non-hydrogen) atoms. The highest BCUT2D eigenvalue weighted by Crippen LogP contribution is 2.28. The summed E-state index contributed by atoms with van der Waals surface area (Å²) < 4.78 is 26.7. The highest BCUT2D eigenvalue weighted by molar-refractivity contribution is 7.98. The molecule has 0 aliphatic rings. The second kappa shape index (κ2) is 8.58. The standard InChI is InChI=1S/C19H19FN2O3S2/c1-24-15-7-4-12(10-16(15)25-2)18(23)21-19-22(8-9-26-3)14-6-5-13(20)11-17(14)27-19/h4-7,10-11H,8-9H2,1-3H3. The number of carbonyl (C=O) groups is 1. The number of aryl methyl sites for hydroxylation is 1. The van der Waals surface area contributed by atoms with Crippen molar-refractivity contribution < 1.29 is 18.7 Å². The molecule has 1 heterocycles. The summed E-state index contributed by atoms with van der Waals surface area (Å²) in [5.74, 6) is 1.18. The van der Waals surface area contributed by atoms with Crippen LogP contribution in [0.25, 0.3) is 10.2 Å². The van der Waals surface area contributed by atoms with Crippen LogP contribution in [-0.2, 0) is 6.54 Å². The Labute approximate surface area is 164 Å².